The van der Waals surface area contributed by atoms with Gasteiger partial charge in [0.2, 0.25) is 0 Å². The average molecular weight is 179 g/mol. The molecule has 0 radical (unpaired) electrons. The van der Waals surface area contributed by atoms with E-state index in [0.717, 1.165) is 0 Å². The number of aromatic nitrogens is 2. The first-order valence-electron chi connectivity index (χ1n) is 1.75. The molecule has 2 nitrogen and oxygen atoms in total. The van der Waals surface area contributed by atoms with Crippen molar-refractivity contribution >= 4 is 25.1 Å². The van der Waals surface area contributed by atoms with Crippen molar-refractivity contribution in [1.29, 1.82) is 0 Å². The van der Waals surface area contributed by atoms with Gasteiger partial charge in [-0.3, -0.25) is 0 Å². The predicted molar refractivity (Wildman–Crippen MR) is 32.4 cm³/mol. The fourth-order valence-corrected chi connectivity index (χ4v) is 1.27. The quantitative estimate of drug-likeness (QED) is 0.481. The Morgan fingerprint density at radius 3 is 2.86 bits per heavy atom. The van der Waals surface area contributed by atoms with Gasteiger partial charge < -0.3 is 0 Å². The van der Waals surface area contributed by atoms with Crippen molar-refractivity contribution in [3.05, 3.63) is 18.5 Å². The monoisotopic (exact) mass is 180 g/mol. The summed E-state index contributed by atoms with van der Waals surface area (Å²) in [5, 5.41) is 3.90. The molecule has 0 fully saturated rings. The minimum atomic E-state index is 0.198. The van der Waals surface area contributed by atoms with Crippen LogP contribution >= 0.6 is 11.0 Å². The van der Waals surface area contributed by atoms with Gasteiger partial charge in [-0.2, -0.15) is 0 Å². The van der Waals surface area contributed by atoms with Crippen molar-refractivity contribution in [2.24, 2.45) is 0 Å². The van der Waals surface area contributed by atoms with E-state index in [9.17, 15) is 0 Å². The topological polar surface area (TPSA) is 17.8 Å². The van der Waals surface area contributed by atoms with E-state index >= 15 is 0 Å². The van der Waals surface area contributed by atoms with E-state index in [0.29, 0.717) is 0 Å². The minimum absolute atomic E-state index is 0.198. The summed E-state index contributed by atoms with van der Waals surface area (Å²) in [6.45, 7) is 0. The summed E-state index contributed by atoms with van der Waals surface area (Å²) < 4.78 is 1.80. The van der Waals surface area contributed by atoms with Crippen molar-refractivity contribution in [3.8, 4) is 0 Å². The first-order valence-corrected chi connectivity index (χ1v) is 5.18. The molecule has 0 aromatic carbocycles. The predicted octanol–water partition coefficient (Wildman–Crippen LogP) is 0.195. The molecule has 0 unspecified atom stereocenters. The molecule has 38 valence electrons. The van der Waals surface area contributed by atoms with Crippen LogP contribution in [0.2, 0.25) is 0 Å². The van der Waals surface area contributed by atoms with Crippen LogP contribution < -0.4 is 0 Å². The summed E-state index contributed by atoms with van der Waals surface area (Å²) in [6, 6.07) is 1.89. The molecule has 0 saturated carbocycles. The third-order valence-corrected chi connectivity index (χ3v) is 2.24. The second-order valence-corrected chi connectivity index (χ2v) is 2.97. The molecule has 7 heavy (non-hydrogen) atoms. The van der Waals surface area contributed by atoms with E-state index in [-0.39, 0.29) is 14.1 Å². The van der Waals surface area contributed by atoms with Crippen molar-refractivity contribution in [3.63, 3.8) is 0 Å². The van der Waals surface area contributed by atoms with Crippen LogP contribution in [0.15, 0.2) is 18.5 Å². The number of hydrogen-bond donors (Lipinski definition) is 1. The van der Waals surface area contributed by atoms with E-state index in [4.69, 9.17) is 0 Å². The van der Waals surface area contributed by atoms with Crippen LogP contribution in [-0.4, -0.2) is 22.9 Å². The summed E-state index contributed by atoms with van der Waals surface area (Å²) in [5.74, 6) is 0. The summed E-state index contributed by atoms with van der Waals surface area (Å²) in [6.07, 6.45) is 3.64. The van der Waals surface area contributed by atoms with E-state index in [2.05, 4.69) is 16.1 Å². The molecule has 1 aromatic heterocycles. The summed E-state index contributed by atoms with van der Waals surface area (Å²) in [5.41, 5.74) is 0. The zero-order valence-electron chi connectivity index (χ0n) is 3.48. The Hall–Kier alpha value is 0.0795. The Balaban J connectivity index is 2.76. The Kier molecular flexibility index (Phi) is 1.79. The fraction of sp³-hybridized carbons (Fsp3) is 0. The molecule has 0 aliphatic rings. The Labute approximate surface area is 52.8 Å². The molecule has 4 heteroatoms. The molecule has 0 saturated heterocycles. The molecule has 0 bridgehead atoms. The molecule has 0 aliphatic heterocycles. The molecule has 0 amide bonds. The zero-order valence-corrected chi connectivity index (χ0v) is 6.09. The molecular weight excluding hydrogens is 175 g/mol. The Morgan fingerprint density at radius 1 is 1.71 bits per heavy atom. The molecule has 0 aliphatic carbocycles. The SMILES string of the molecule is S[Se]n1cccn1. The molecule has 0 atom stereocenters. The summed E-state index contributed by atoms with van der Waals surface area (Å²) in [4.78, 5) is 0. The molecule has 0 spiro atoms. The van der Waals surface area contributed by atoms with Crippen LogP contribution in [0.4, 0.5) is 0 Å². The molecular formula is C3H4N2SSe. The normalized spacial score (nSPS) is 9.29. The van der Waals surface area contributed by atoms with Gasteiger partial charge in [-0.15, -0.1) is 0 Å². The van der Waals surface area contributed by atoms with Gasteiger partial charge in [0, 0.05) is 0 Å². The Bertz CT molecular complexity index is 127. The van der Waals surface area contributed by atoms with E-state index < -0.39 is 0 Å². The van der Waals surface area contributed by atoms with Crippen molar-refractivity contribution < 1.29 is 0 Å². The third-order valence-electron chi connectivity index (χ3n) is 0.564. The first kappa shape index (κ1) is 5.22. The van der Waals surface area contributed by atoms with Gasteiger partial charge in [0.1, 0.15) is 0 Å². The standard InChI is InChI=1S/C3H4N2SSe/c6-7-5-3-1-2-4-5/h1-3,6H. The van der Waals surface area contributed by atoms with Crippen molar-refractivity contribution in [2.75, 3.05) is 0 Å². The molecule has 0 N–H and O–H groups in total. The molecule has 1 heterocycles. The van der Waals surface area contributed by atoms with Crippen LogP contribution in [0.3, 0.4) is 0 Å². The third kappa shape index (κ3) is 1.23. The van der Waals surface area contributed by atoms with Crippen LogP contribution in [0.25, 0.3) is 0 Å². The van der Waals surface area contributed by atoms with Gasteiger partial charge in [-0.25, -0.2) is 0 Å². The molecule has 1 aromatic rings. The van der Waals surface area contributed by atoms with E-state index in [1.807, 2.05) is 12.3 Å². The number of rotatable bonds is 1. The van der Waals surface area contributed by atoms with Gasteiger partial charge in [0.05, 0.1) is 0 Å². The number of thiol groups is 1. The van der Waals surface area contributed by atoms with Crippen molar-refractivity contribution in [1.82, 2.24) is 8.80 Å². The number of nitrogens with zero attached hydrogens (tertiary/aromatic N) is 2. The maximum absolute atomic E-state index is 4.04. The molecule has 1 rings (SSSR count). The van der Waals surface area contributed by atoms with Crippen LogP contribution in [0.5, 0.6) is 0 Å². The second-order valence-electron chi connectivity index (χ2n) is 0.990. The van der Waals surface area contributed by atoms with E-state index in [1.165, 1.54) is 0 Å². The van der Waals surface area contributed by atoms with Crippen LogP contribution in [-0.2, 0) is 0 Å². The van der Waals surface area contributed by atoms with Gasteiger partial charge >= 0.3 is 52.4 Å². The van der Waals surface area contributed by atoms with Crippen LogP contribution in [0.1, 0.15) is 0 Å². The van der Waals surface area contributed by atoms with Gasteiger partial charge in [-0.05, 0) is 0 Å². The Morgan fingerprint density at radius 2 is 2.57 bits per heavy atom. The van der Waals surface area contributed by atoms with Crippen molar-refractivity contribution in [2.45, 2.75) is 0 Å². The fourth-order valence-electron chi connectivity index (χ4n) is 0.303. The average Bonchev–Trinajstić information content (AvgIpc) is 2.14. The van der Waals surface area contributed by atoms with Crippen LogP contribution in [0, 0.1) is 0 Å². The first-order chi connectivity index (χ1) is 3.43. The zero-order chi connectivity index (χ0) is 5.11. The van der Waals surface area contributed by atoms with Gasteiger partial charge in [-0.1, -0.05) is 0 Å². The second kappa shape index (κ2) is 2.40. The van der Waals surface area contributed by atoms with Gasteiger partial charge in [0.15, 0.2) is 0 Å². The number of hydrogen-bond acceptors (Lipinski definition) is 2. The van der Waals surface area contributed by atoms with E-state index in [1.54, 1.807) is 9.89 Å². The van der Waals surface area contributed by atoms with Gasteiger partial charge in [0.25, 0.3) is 0 Å². The maximum atomic E-state index is 4.04. The summed E-state index contributed by atoms with van der Waals surface area (Å²) in [7, 11) is 0. The summed E-state index contributed by atoms with van der Waals surface area (Å²) >= 11 is 4.24.